The standard InChI is InChI=1S/C12H15BrN2O3/c1-8(6-13)7-14-12(16)11-5-10(15(17)18)4-3-9(11)2/h3-5,8H,6-7H2,1-2H3,(H,14,16). The Balaban J connectivity index is 2.84. The second-order valence-electron chi connectivity index (χ2n) is 4.23. The fourth-order valence-corrected chi connectivity index (χ4v) is 1.61. The number of nitrogens with zero attached hydrogens (tertiary/aromatic N) is 1. The van der Waals surface area contributed by atoms with Crippen LogP contribution in [0, 0.1) is 23.0 Å². The van der Waals surface area contributed by atoms with Crippen LogP contribution in [-0.4, -0.2) is 22.7 Å². The summed E-state index contributed by atoms with van der Waals surface area (Å²) >= 11 is 3.33. The highest BCUT2D eigenvalue weighted by Gasteiger charge is 2.14. The van der Waals surface area contributed by atoms with Gasteiger partial charge in [0.25, 0.3) is 11.6 Å². The lowest BCUT2D eigenvalue weighted by Gasteiger charge is -2.10. The first-order chi connectivity index (χ1) is 8.45. The van der Waals surface area contributed by atoms with E-state index in [-0.39, 0.29) is 11.6 Å². The Morgan fingerprint density at radius 3 is 2.78 bits per heavy atom. The van der Waals surface area contributed by atoms with Gasteiger partial charge in [0.2, 0.25) is 0 Å². The number of benzene rings is 1. The molecule has 18 heavy (non-hydrogen) atoms. The molecule has 1 amide bonds. The molecule has 0 heterocycles. The van der Waals surface area contributed by atoms with Gasteiger partial charge < -0.3 is 5.32 Å². The molecule has 98 valence electrons. The Labute approximate surface area is 114 Å². The topological polar surface area (TPSA) is 72.2 Å². The van der Waals surface area contributed by atoms with Crippen molar-refractivity contribution in [3.63, 3.8) is 0 Å². The van der Waals surface area contributed by atoms with E-state index in [4.69, 9.17) is 0 Å². The zero-order chi connectivity index (χ0) is 13.7. The molecule has 0 fully saturated rings. The zero-order valence-electron chi connectivity index (χ0n) is 10.3. The molecule has 6 heteroatoms. The summed E-state index contributed by atoms with van der Waals surface area (Å²) in [5.74, 6) is 0.0388. The van der Waals surface area contributed by atoms with Crippen molar-refractivity contribution in [3.05, 3.63) is 39.4 Å². The number of carbonyl (C=O) groups is 1. The van der Waals surface area contributed by atoms with Crippen LogP contribution in [0.3, 0.4) is 0 Å². The molecular formula is C12H15BrN2O3. The van der Waals surface area contributed by atoms with Gasteiger partial charge in [0.1, 0.15) is 0 Å². The van der Waals surface area contributed by atoms with Crippen LogP contribution >= 0.6 is 15.9 Å². The lowest BCUT2D eigenvalue weighted by Crippen LogP contribution is -2.29. The number of aryl methyl sites for hydroxylation is 1. The summed E-state index contributed by atoms with van der Waals surface area (Å²) < 4.78 is 0. The van der Waals surface area contributed by atoms with Gasteiger partial charge in [0.05, 0.1) is 4.92 Å². The van der Waals surface area contributed by atoms with E-state index in [0.29, 0.717) is 18.0 Å². The highest BCUT2D eigenvalue weighted by atomic mass is 79.9. The number of halogens is 1. The predicted octanol–water partition coefficient (Wildman–Crippen LogP) is 2.66. The molecule has 0 radical (unpaired) electrons. The van der Waals surface area contributed by atoms with Gasteiger partial charge in [0.15, 0.2) is 0 Å². The van der Waals surface area contributed by atoms with E-state index in [1.165, 1.54) is 12.1 Å². The maximum atomic E-state index is 11.9. The molecule has 0 aromatic heterocycles. The number of rotatable bonds is 5. The summed E-state index contributed by atoms with van der Waals surface area (Å²) in [6.07, 6.45) is 0. The van der Waals surface area contributed by atoms with Gasteiger partial charge in [-0.2, -0.15) is 0 Å². The number of amides is 1. The fraction of sp³-hybridized carbons (Fsp3) is 0.417. The average molecular weight is 315 g/mol. The van der Waals surface area contributed by atoms with E-state index in [2.05, 4.69) is 21.2 Å². The third kappa shape index (κ3) is 3.80. The van der Waals surface area contributed by atoms with Crippen molar-refractivity contribution in [1.82, 2.24) is 5.32 Å². The third-order valence-corrected chi connectivity index (χ3v) is 3.66. The largest absolute Gasteiger partial charge is 0.352 e. The second-order valence-corrected chi connectivity index (χ2v) is 4.87. The number of nitro benzene ring substituents is 1. The van der Waals surface area contributed by atoms with Crippen molar-refractivity contribution in [3.8, 4) is 0 Å². The van der Waals surface area contributed by atoms with Gasteiger partial charge in [0, 0.05) is 29.6 Å². The first kappa shape index (κ1) is 14.6. The third-order valence-electron chi connectivity index (χ3n) is 2.55. The first-order valence-corrected chi connectivity index (χ1v) is 6.67. The van der Waals surface area contributed by atoms with Crippen molar-refractivity contribution in [1.29, 1.82) is 0 Å². The van der Waals surface area contributed by atoms with Crippen molar-refractivity contribution in [2.75, 3.05) is 11.9 Å². The summed E-state index contributed by atoms with van der Waals surface area (Å²) in [5, 5.41) is 14.2. The minimum absolute atomic E-state index is 0.0701. The molecule has 1 atom stereocenters. The highest BCUT2D eigenvalue weighted by molar-refractivity contribution is 9.09. The number of alkyl halides is 1. The molecule has 0 saturated carbocycles. The van der Waals surface area contributed by atoms with Crippen LogP contribution in [0.25, 0.3) is 0 Å². The Morgan fingerprint density at radius 2 is 2.22 bits per heavy atom. The Hall–Kier alpha value is -1.43. The molecule has 5 nitrogen and oxygen atoms in total. The maximum absolute atomic E-state index is 11.9. The van der Waals surface area contributed by atoms with Crippen molar-refractivity contribution in [2.45, 2.75) is 13.8 Å². The number of non-ortho nitro benzene ring substituents is 1. The van der Waals surface area contributed by atoms with Crippen molar-refractivity contribution < 1.29 is 9.72 Å². The van der Waals surface area contributed by atoms with Gasteiger partial charge in [-0.3, -0.25) is 14.9 Å². The molecule has 0 aliphatic rings. The summed E-state index contributed by atoms with van der Waals surface area (Å²) in [7, 11) is 0. The van der Waals surface area contributed by atoms with E-state index in [1.807, 2.05) is 6.92 Å². The fourth-order valence-electron chi connectivity index (χ4n) is 1.38. The van der Waals surface area contributed by atoms with Crippen LogP contribution in [0.1, 0.15) is 22.8 Å². The van der Waals surface area contributed by atoms with E-state index < -0.39 is 4.92 Å². The number of carbonyl (C=O) groups excluding carboxylic acids is 1. The average Bonchev–Trinajstić information content (AvgIpc) is 2.35. The van der Waals surface area contributed by atoms with E-state index in [9.17, 15) is 14.9 Å². The van der Waals surface area contributed by atoms with Crippen LogP contribution in [0.15, 0.2) is 18.2 Å². The summed E-state index contributed by atoms with van der Waals surface area (Å²) in [4.78, 5) is 22.1. The molecule has 1 unspecified atom stereocenters. The van der Waals surface area contributed by atoms with Crippen LogP contribution in [-0.2, 0) is 0 Å². The van der Waals surface area contributed by atoms with E-state index in [1.54, 1.807) is 13.0 Å². The van der Waals surface area contributed by atoms with Gasteiger partial charge in [-0.05, 0) is 18.4 Å². The molecule has 1 aromatic carbocycles. The first-order valence-electron chi connectivity index (χ1n) is 5.55. The number of hydrogen-bond acceptors (Lipinski definition) is 3. The van der Waals surface area contributed by atoms with Crippen LogP contribution in [0.4, 0.5) is 5.69 Å². The molecule has 0 saturated heterocycles. The number of nitro groups is 1. The predicted molar refractivity (Wildman–Crippen MR) is 73.1 cm³/mol. The van der Waals surface area contributed by atoms with E-state index >= 15 is 0 Å². The Kier molecular flexibility index (Phi) is 5.27. The Bertz CT molecular complexity index is 463. The molecule has 0 aliphatic heterocycles. The number of hydrogen-bond donors (Lipinski definition) is 1. The summed E-state index contributed by atoms with van der Waals surface area (Å²) in [5.41, 5.74) is 1.01. The SMILES string of the molecule is Cc1ccc([N+](=O)[O-])cc1C(=O)NCC(C)CBr. The minimum Gasteiger partial charge on any atom is -0.352 e. The van der Waals surface area contributed by atoms with E-state index in [0.717, 1.165) is 10.9 Å². The Morgan fingerprint density at radius 1 is 1.56 bits per heavy atom. The van der Waals surface area contributed by atoms with Crippen LogP contribution < -0.4 is 5.32 Å². The van der Waals surface area contributed by atoms with Crippen molar-refractivity contribution >= 4 is 27.5 Å². The summed E-state index contributed by atoms with van der Waals surface area (Å²) in [6, 6.07) is 4.29. The minimum atomic E-state index is -0.503. The van der Waals surface area contributed by atoms with Crippen molar-refractivity contribution in [2.24, 2.45) is 5.92 Å². The lowest BCUT2D eigenvalue weighted by molar-refractivity contribution is -0.384. The summed E-state index contributed by atoms with van der Waals surface area (Å²) in [6.45, 7) is 4.29. The van der Waals surface area contributed by atoms with Crippen LogP contribution in [0.2, 0.25) is 0 Å². The van der Waals surface area contributed by atoms with Crippen LogP contribution in [0.5, 0.6) is 0 Å². The number of nitrogens with one attached hydrogen (secondary N) is 1. The second kappa shape index (κ2) is 6.49. The van der Waals surface area contributed by atoms with Gasteiger partial charge in [-0.25, -0.2) is 0 Å². The van der Waals surface area contributed by atoms with Gasteiger partial charge >= 0.3 is 0 Å². The molecule has 0 bridgehead atoms. The lowest BCUT2D eigenvalue weighted by atomic mass is 10.1. The van der Waals surface area contributed by atoms with Gasteiger partial charge in [-0.15, -0.1) is 0 Å². The molecular weight excluding hydrogens is 300 g/mol. The normalized spacial score (nSPS) is 11.9. The quantitative estimate of drug-likeness (QED) is 0.516. The molecule has 0 aliphatic carbocycles. The molecule has 1 rings (SSSR count). The van der Waals surface area contributed by atoms with Gasteiger partial charge in [-0.1, -0.05) is 28.9 Å². The maximum Gasteiger partial charge on any atom is 0.270 e. The highest BCUT2D eigenvalue weighted by Crippen LogP contribution is 2.17. The zero-order valence-corrected chi connectivity index (χ0v) is 11.9. The monoisotopic (exact) mass is 314 g/mol. The smallest absolute Gasteiger partial charge is 0.270 e. The molecule has 0 spiro atoms. The molecule has 1 N–H and O–H groups in total. The molecule has 1 aromatic rings.